The summed E-state index contributed by atoms with van der Waals surface area (Å²) in [5.74, 6) is 0.308. The van der Waals surface area contributed by atoms with E-state index < -0.39 is 32.0 Å². The van der Waals surface area contributed by atoms with Gasteiger partial charge in [0.15, 0.2) is 0 Å². The molecule has 1 aliphatic heterocycles. The van der Waals surface area contributed by atoms with Crippen LogP contribution in [0.1, 0.15) is 45.8 Å². The Bertz CT molecular complexity index is 1070. The number of H-pyrrole nitrogens is 1. The lowest BCUT2D eigenvalue weighted by Gasteiger charge is -2.28. The average molecular weight is 491 g/mol. The molecule has 1 aromatic heterocycles. The van der Waals surface area contributed by atoms with Gasteiger partial charge in [0.1, 0.15) is 24.1 Å². The van der Waals surface area contributed by atoms with Gasteiger partial charge in [-0.2, -0.15) is 0 Å². The zero-order chi connectivity index (χ0) is 24.1. The zero-order valence-electron chi connectivity index (χ0n) is 19.2. The predicted molar refractivity (Wildman–Crippen MR) is 125 cm³/mol. The number of carbonyl (C=O) groups excluding carboxylic acids is 1. The number of hydrogen-bond donors (Lipinski definition) is 2. The van der Waals surface area contributed by atoms with Crippen LogP contribution in [0.2, 0.25) is 0 Å². The van der Waals surface area contributed by atoms with E-state index in [2.05, 4.69) is 10.1 Å². The second kappa shape index (κ2) is 11.3. The van der Waals surface area contributed by atoms with Crippen molar-refractivity contribution in [3.05, 3.63) is 63.4 Å². The maximum Gasteiger partial charge on any atom is 0.330 e. The third-order valence-electron chi connectivity index (χ3n) is 5.88. The monoisotopic (exact) mass is 491 g/mol. The number of carbonyl (C=O) groups is 1. The number of ether oxygens (including phenoxy) is 2. The minimum atomic E-state index is -1.68. The van der Waals surface area contributed by atoms with Crippen molar-refractivity contribution >= 4 is 14.5 Å². The second-order valence-corrected chi connectivity index (χ2v) is 9.89. The fourth-order valence-electron chi connectivity index (χ4n) is 3.78. The lowest BCUT2D eigenvalue weighted by atomic mass is 9.96. The van der Waals surface area contributed by atoms with Gasteiger partial charge in [-0.05, 0) is 44.7 Å². The molecule has 1 aliphatic carbocycles. The van der Waals surface area contributed by atoms with Gasteiger partial charge in [0.25, 0.3) is 5.56 Å². The van der Waals surface area contributed by atoms with Crippen molar-refractivity contribution in [3.8, 4) is 5.75 Å². The fraction of sp³-hybridized carbons (Fsp3) is 0.522. The van der Waals surface area contributed by atoms with E-state index in [1.165, 1.54) is 16.8 Å². The Morgan fingerprint density at radius 1 is 1.26 bits per heavy atom. The number of hydrogen-bond acceptors (Lipinski definition) is 8. The van der Waals surface area contributed by atoms with E-state index in [1.54, 1.807) is 6.92 Å². The first kappa shape index (κ1) is 24.6. The summed E-state index contributed by atoms with van der Waals surface area (Å²) in [6.45, 7) is 3.90. The quantitative estimate of drug-likeness (QED) is 0.385. The average Bonchev–Trinajstić information content (AvgIpc) is 3.15. The first-order chi connectivity index (χ1) is 16.4. The van der Waals surface area contributed by atoms with E-state index >= 15 is 0 Å². The minimum absolute atomic E-state index is 0.000536. The maximum atomic E-state index is 12.4. The molecule has 5 atom stereocenters. The molecule has 1 aromatic carbocycles. The number of aromatic nitrogens is 2. The van der Waals surface area contributed by atoms with Crippen LogP contribution in [0, 0.1) is 5.92 Å². The van der Waals surface area contributed by atoms with Gasteiger partial charge in [0, 0.05) is 18.2 Å². The highest BCUT2D eigenvalue weighted by Gasteiger charge is 2.35. The van der Waals surface area contributed by atoms with Crippen LogP contribution in [0.15, 0.2) is 52.2 Å². The molecule has 4 unspecified atom stereocenters. The van der Waals surface area contributed by atoms with Gasteiger partial charge in [-0.1, -0.05) is 25.1 Å². The molecule has 2 aromatic rings. The number of benzene rings is 1. The molecule has 2 N–H and O–H groups in total. The van der Waals surface area contributed by atoms with Crippen LogP contribution in [-0.4, -0.2) is 40.4 Å². The molecule has 2 aliphatic rings. The Morgan fingerprint density at radius 2 is 2.03 bits per heavy atom. The molecule has 2 fully saturated rings. The molecule has 0 amide bonds. The number of rotatable bonds is 10. The predicted octanol–water partition coefficient (Wildman–Crippen LogP) is 2.86. The first-order valence-corrected chi connectivity index (χ1v) is 12.7. The molecule has 0 radical (unpaired) electrons. The number of aromatic amines is 1. The second-order valence-electron chi connectivity index (χ2n) is 8.68. The van der Waals surface area contributed by atoms with Crippen LogP contribution in [0.3, 0.4) is 0 Å². The summed E-state index contributed by atoms with van der Waals surface area (Å²) in [6, 6.07) is 9.90. The highest BCUT2D eigenvalue weighted by Crippen LogP contribution is 2.39. The molecule has 0 spiro atoms. The van der Waals surface area contributed by atoms with Crippen molar-refractivity contribution in [2.75, 3.05) is 6.61 Å². The summed E-state index contributed by atoms with van der Waals surface area (Å²) in [4.78, 5) is 38.2. The van der Waals surface area contributed by atoms with Crippen LogP contribution in [0.25, 0.3) is 0 Å². The molecule has 11 heteroatoms. The summed E-state index contributed by atoms with van der Waals surface area (Å²) in [5.41, 5.74) is -0.965. The molecular formula is C23H30N3O7P. The van der Waals surface area contributed by atoms with Crippen molar-refractivity contribution in [1.82, 2.24) is 14.6 Å². The molecular weight excluding hydrogens is 461 g/mol. The van der Waals surface area contributed by atoms with Gasteiger partial charge >= 0.3 is 20.2 Å². The zero-order valence-corrected chi connectivity index (χ0v) is 20.1. The highest BCUT2D eigenvalue weighted by atomic mass is 31.2. The smallest absolute Gasteiger partial charge is 0.330 e. The van der Waals surface area contributed by atoms with E-state index in [9.17, 15) is 14.4 Å². The topological polar surface area (TPSA) is 121 Å². The minimum Gasteiger partial charge on any atom is -0.461 e. The van der Waals surface area contributed by atoms with E-state index in [-0.39, 0.29) is 30.7 Å². The fourth-order valence-corrected chi connectivity index (χ4v) is 4.99. The van der Waals surface area contributed by atoms with Gasteiger partial charge in [0.05, 0.1) is 12.7 Å². The molecule has 2 heterocycles. The van der Waals surface area contributed by atoms with Crippen LogP contribution in [0.4, 0.5) is 0 Å². The van der Waals surface area contributed by atoms with Gasteiger partial charge in [-0.15, -0.1) is 0 Å². The van der Waals surface area contributed by atoms with Crippen LogP contribution in [0.5, 0.6) is 5.75 Å². The Balaban J connectivity index is 1.37. The van der Waals surface area contributed by atoms with E-state index in [0.717, 1.165) is 19.3 Å². The lowest BCUT2D eigenvalue weighted by molar-refractivity contribution is -0.154. The number of nitrogens with one attached hydrogen (secondary N) is 2. The Kier molecular flexibility index (Phi) is 8.15. The van der Waals surface area contributed by atoms with Gasteiger partial charge in [-0.3, -0.25) is 19.1 Å². The van der Waals surface area contributed by atoms with Crippen molar-refractivity contribution in [2.24, 2.45) is 5.92 Å². The number of para-hydroxylation sites is 1. The van der Waals surface area contributed by atoms with Gasteiger partial charge in [0.2, 0.25) is 0 Å². The standard InChI is InChI=1S/C23H30N3O7P/c1-15-13-19(31-21(15)26-12-11-20(27)24-23(26)29)14-30-34(33-18-7-4-3-5-8-18)25-16(2)22(28)32-17-9-6-10-17/h3-5,7-8,11-12,15-17,19,21,25H,6,9-10,13-14H2,1-2H3,(H,24,27,29)/t15?,16-,19?,21?,34?/m0/s1. The SMILES string of the molecule is CC1CC(COP(N[C@@H](C)C(=O)OC2CCC2)Oc2ccccc2)OC1n1ccc(=O)[nH]c1=O. The third-order valence-corrected chi connectivity index (χ3v) is 7.23. The molecule has 4 rings (SSSR count). The van der Waals surface area contributed by atoms with E-state index in [1.807, 2.05) is 37.3 Å². The summed E-state index contributed by atoms with van der Waals surface area (Å²) >= 11 is 0. The summed E-state index contributed by atoms with van der Waals surface area (Å²) in [5, 5.41) is 3.11. The maximum absolute atomic E-state index is 12.4. The van der Waals surface area contributed by atoms with Crippen molar-refractivity contribution < 1.29 is 23.3 Å². The Labute approximate surface area is 198 Å². The van der Waals surface area contributed by atoms with Crippen LogP contribution >= 0.6 is 8.53 Å². The van der Waals surface area contributed by atoms with E-state index in [0.29, 0.717) is 12.2 Å². The molecule has 0 bridgehead atoms. The molecule has 10 nitrogen and oxygen atoms in total. The summed E-state index contributed by atoms with van der Waals surface area (Å²) in [7, 11) is -1.68. The Hall–Kier alpha value is -2.52. The molecule has 1 saturated carbocycles. The summed E-state index contributed by atoms with van der Waals surface area (Å²) in [6.07, 6.45) is 4.19. The largest absolute Gasteiger partial charge is 0.461 e. The molecule has 184 valence electrons. The van der Waals surface area contributed by atoms with Crippen molar-refractivity contribution in [2.45, 2.75) is 64.0 Å². The third kappa shape index (κ3) is 6.33. The number of nitrogens with zero attached hydrogens (tertiary/aromatic N) is 1. The first-order valence-electron chi connectivity index (χ1n) is 11.5. The highest BCUT2D eigenvalue weighted by molar-refractivity contribution is 7.45. The van der Waals surface area contributed by atoms with Crippen molar-refractivity contribution in [3.63, 3.8) is 0 Å². The number of esters is 1. The van der Waals surface area contributed by atoms with Crippen LogP contribution < -0.4 is 20.9 Å². The van der Waals surface area contributed by atoms with Gasteiger partial charge < -0.3 is 18.5 Å². The lowest BCUT2D eigenvalue weighted by Crippen LogP contribution is -2.37. The van der Waals surface area contributed by atoms with Gasteiger partial charge in [-0.25, -0.2) is 9.88 Å². The molecule has 1 saturated heterocycles. The Morgan fingerprint density at radius 3 is 2.71 bits per heavy atom. The van der Waals surface area contributed by atoms with E-state index in [4.69, 9.17) is 18.5 Å². The normalized spacial score (nSPS) is 24.2. The molecule has 34 heavy (non-hydrogen) atoms. The van der Waals surface area contributed by atoms with Crippen molar-refractivity contribution in [1.29, 1.82) is 0 Å². The summed E-state index contributed by atoms with van der Waals surface area (Å²) < 4.78 is 24.9. The van der Waals surface area contributed by atoms with Crippen LogP contribution in [-0.2, 0) is 18.8 Å².